The molecule has 0 aliphatic carbocycles. The molecule has 0 saturated heterocycles. The van der Waals surface area contributed by atoms with Gasteiger partial charge >= 0.3 is 22.1 Å². The van der Waals surface area contributed by atoms with Gasteiger partial charge in [0.05, 0.1) is 22.5 Å². The highest BCUT2D eigenvalue weighted by Crippen LogP contribution is 2.28. The first-order chi connectivity index (χ1) is 14.7. The van der Waals surface area contributed by atoms with Crippen molar-refractivity contribution in [1.82, 2.24) is 22.5 Å². The SMILES string of the molecule is CN(C)S(=O)(=O)NC(=O)Cc1nsc2ccc(-n3c(=O)cc(C(F)(F)F)n(C)c3=O)cc12. The van der Waals surface area contributed by atoms with Gasteiger partial charge in [0.15, 0.2) is 0 Å². The molecule has 0 unspecified atom stereocenters. The molecule has 1 N–H and O–H groups in total. The Bertz CT molecular complexity index is 1440. The lowest BCUT2D eigenvalue weighted by Crippen LogP contribution is -2.40. The third kappa shape index (κ3) is 4.44. The molecule has 0 aliphatic rings. The van der Waals surface area contributed by atoms with E-state index in [2.05, 4.69) is 4.37 Å². The summed E-state index contributed by atoms with van der Waals surface area (Å²) in [5.41, 5.74) is -3.63. The third-order valence-corrected chi connectivity index (χ3v) is 6.76. The second-order valence-electron chi connectivity index (χ2n) is 6.84. The number of carbonyl (C=O) groups excluding carboxylic acids is 1. The predicted octanol–water partition coefficient (Wildman–Crippen LogP) is 0.630. The molecule has 0 fully saturated rings. The number of nitrogens with one attached hydrogen (secondary N) is 1. The molecular weight excluding hydrogens is 475 g/mol. The van der Waals surface area contributed by atoms with Crippen LogP contribution in [0.15, 0.2) is 33.9 Å². The Labute approximate surface area is 182 Å². The summed E-state index contributed by atoms with van der Waals surface area (Å²) < 4.78 is 71.0. The van der Waals surface area contributed by atoms with Crippen LogP contribution >= 0.6 is 11.5 Å². The summed E-state index contributed by atoms with van der Waals surface area (Å²) in [5, 5.41) is 0.346. The van der Waals surface area contributed by atoms with E-state index in [4.69, 9.17) is 0 Å². The van der Waals surface area contributed by atoms with Crippen LogP contribution < -0.4 is 16.0 Å². The van der Waals surface area contributed by atoms with E-state index in [0.717, 1.165) is 22.9 Å². The fourth-order valence-corrected chi connectivity index (χ4v) is 4.12. The standard InChI is InChI=1S/C17H16F3N5O5S2/c1-23(2)32(29,30)22-14(26)7-11-10-6-9(4-5-12(10)31-21-11)25-15(27)8-13(17(18,19)20)24(3)16(25)28/h4-6,8H,7H2,1-3H3,(H,22,26). The van der Waals surface area contributed by atoms with E-state index in [-0.39, 0.29) is 11.4 Å². The van der Waals surface area contributed by atoms with Crippen molar-refractivity contribution in [2.24, 2.45) is 7.05 Å². The van der Waals surface area contributed by atoms with Crippen molar-refractivity contribution in [3.63, 3.8) is 0 Å². The highest BCUT2D eigenvalue weighted by Gasteiger charge is 2.35. The van der Waals surface area contributed by atoms with Gasteiger partial charge in [-0.05, 0) is 29.7 Å². The fraction of sp³-hybridized carbons (Fsp3) is 0.294. The summed E-state index contributed by atoms with van der Waals surface area (Å²) >= 11 is 0.992. The number of fused-ring (bicyclic) bond motifs is 1. The zero-order chi connectivity index (χ0) is 24.0. The zero-order valence-corrected chi connectivity index (χ0v) is 18.4. The maximum Gasteiger partial charge on any atom is 0.431 e. The lowest BCUT2D eigenvalue weighted by atomic mass is 10.1. The van der Waals surface area contributed by atoms with Crippen LogP contribution in [-0.2, 0) is 34.6 Å². The van der Waals surface area contributed by atoms with E-state index < -0.39 is 45.7 Å². The Morgan fingerprint density at radius 2 is 1.88 bits per heavy atom. The molecule has 15 heteroatoms. The van der Waals surface area contributed by atoms with Crippen molar-refractivity contribution in [3.8, 4) is 5.69 Å². The minimum Gasteiger partial charge on any atom is -0.292 e. The van der Waals surface area contributed by atoms with Crippen LogP contribution in [0.25, 0.3) is 15.8 Å². The van der Waals surface area contributed by atoms with Crippen LogP contribution in [0.1, 0.15) is 11.4 Å². The molecule has 2 heterocycles. The molecule has 0 bridgehead atoms. The molecular formula is C17H16F3N5O5S2. The molecule has 10 nitrogen and oxygen atoms in total. The van der Waals surface area contributed by atoms with Gasteiger partial charge in [-0.3, -0.25) is 14.2 Å². The quantitative estimate of drug-likeness (QED) is 0.559. The van der Waals surface area contributed by atoms with Gasteiger partial charge in [0.1, 0.15) is 5.69 Å². The van der Waals surface area contributed by atoms with Gasteiger partial charge in [-0.2, -0.15) is 30.3 Å². The van der Waals surface area contributed by atoms with Gasteiger partial charge in [0.2, 0.25) is 5.91 Å². The number of carbonyl (C=O) groups is 1. The fourth-order valence-electron chi connectivity index (χ4n) is 2.80. The molecule has 3 aromatic rings. The van der Waals surface area contributed by atoms with E-state index in [0.29, 0.717) is 25.3 Å². The Morgan fingerprint density at radius 3 is 2.47 bits per heavy atom. The van der Waals surface area contributed by atoms with Gasteiger partial charge in [0.25, 0.3) is 5.56 Å². The molecule has 0 saturated carbocycles. The number of hydrogen-bond acceptors (Lipinski definition) is 7. The highest BCUT2D eigenvalue weighted by atomic mass is 32.2. The minimum atomic E-state index is -4.89. The van der Waals surface area contributed by atoms with E-state index >= 15 is 0 Å². The van der Waals surface area contributed by atoms with Gasteiger partial charge < -0.3 is 0 Å². The van der Waals surface area contributed by atoms with E-state index in [1.807, 2.05) is 4.72 Å². The van der Waals surface area contributed by atoms with Gasteiger partial charge in [0, 0.05) is 32.6 Å². The number of aromatic nitrogens is 3. The van der Waals surface area contributed by atoms with Crippen molar-refractivity contribution in [1.29, 1.82) is 0 Å². The number of halogens is 3. The lowest BCUT2D eigenvalue weighted by Gasteiger charge is -2.14. The zero-order valence-electron chi connectivity index (χ0n) is 16.8. The van der Waals surface area contributed by atoms with Crippen LogP contribution in [0.4, 0.5) is 13.2 Å². The molecule has 0 spiro atoms. The first-order valence-corrected chi connectivity index (χ1v) is 11.0. The molecule has 2 aromatic heterocycles. The number of amides is 1. The van der Waals surface area contributed by atoms with Crippen molar-refractivity contribution in [3.05, 3.63) is 56.5 Å². The van der Waals surface area contributed by atoms with Gasteiger partial charge in [-0.1, -0.05) is 0 Å². The smallest absolute Gasteiger partial charge is 0.292 e. The third-order valence-electron chi connectivity index (χ3n) is 4.45. The van der Waals surface area contributed by atoms with E-state index in [9.17, 15) is 36.0 Å². The summed E-state index contributed by atoms with van der Waals surface area (Å²) in [6, 6.07) is 4.50. The van der Waals surface area contributed by atoms with Crippen LogP contribution in [0, 0.1) is 0 Å². The van der Waals surface area contributed by atoms with Crippen molar-refractivity contribution in [2.75, 3.05) is 14.1 Å². The molecule has 0 aliphatic heterocycles. The number of alkyl halides is 3. The predicted molar refractivity (Wildman–Crippen MR) is 110 cm³/mol. The van der Waals surface area contributed by atoms with Crippen LogP contribution in [0.2, 0.25) is 0 Å². The Morgan fingerprint density at radius 1 is 1.22 bits per heavy atom. The number of benzene rings is 1. The highest BCUT2D eigenvalue weighted by molar-refractivity contribution is 7.87. The average Bonchev–Trinajstić information content (AvgIpc) is 3.05. The topological polar surface area (TPSA) is 123 Å². The molecule has 32 heavy (non-hydrogen) atoms. The average molecular weight is 491 g/mol. The maximum absolute atomic E-state index is 13.1. The molecule has 0 atom stereocenters. The first kappa shape index (κ1) is 23.6. The van der Waals surface area contributed by atoms with Crippen LogP contribution in [0.3, 0.4) is 0 Å². The van der Waals surface area contributed by atoms with Crippen molar-refractivity contribution >= 4 is 37.7 Å². The summed E-state index contributed by atoms with van der Waals surface area (Å²) in [6.07, 6.45) is -5.31. The molecule has 1 aromatic carbocycles. The van der Waals surface area contributed by atoms with Crippen LogP contribution in [0.5, 0.6) is 0 Å². The molecule has 3 rings (SSSR count). The molecule has 1 amide bonds. The lowest BCUT2D eigenvalue weighted by molar-refractivity contribution is -0.144. The summed E-state index contributed by atoms with van der Waals surface area (Å²) in [7, 11) is -0.637. The minimum absolute atomic E-state index is 0.0282. The first-order valence-electron chi connectivity index (χ1n) is 8.74. The van der Waals surface area contributed by atoms with E-state index in [1.165, 1.54) is 32.3 Å². The normalized spacial score (nSPS) is 12.5. The Balaban J connectivity index is 2.05. The second kappa shape index (κ2) is 8.14. The molecule has 0 radical (unpaired) electrons. The number of rotatable bonds is 5. The Hall–Kier alpha value is -3.04. The number of nitrogens with zero attached hydrogens (tertiary/aromatic N) is 4. The van der Waals surface area contributed by atoms with Gasteiger partial charge in [-0.15, -0.1) is 0 Å². The summed E-state index contributed by atoms with van der Waals surface area (Å²) in [4.78, 5) is 37.0. The number of hydrogen-bond donors (Lipinski definition) is 1. The van der Waals surface area contributed by atoms with Crippen molar-refractivity contribution in [2.45, 2.75) is 12.6 Å². The second-order valence-corrected chi connectivity index (χ2v) is 9.53. The van der Waals surface area contributed by atoms with Crippen molar-refractivity contribution < 1.29 is 26.4 Å². The van der Waals surface area contributed by atoms with Gasteiger partial charge in [-0.25, -0.2) is 14.1 Å². The van der Waals surface area contributed by atoms with E-state index in [1.54, 1.807) is 0 Å². The summed E-state index contributed by atoms with van der Waals surface area (Å²) in [5.74, 6) is -0.862. The Kier molecular flexibility index (Phi) is 6.01. The molecule has 172 valence electrons. The summed E-state index contributed by atoms with van der Waals surface area (Å²) in [6.45, 7) is 0. The maximum atomic E-state index is 13.1. The van der Waals surface area contributed by atoms with Crippen LogP contribution in [-0.4, -0.2) is 46.2 Å². The largest absolute Gasteiger partial charge is 0.431 e. The monoisotopic (exact) mass is 491 g/mol.